The number of furan rings is 1. The van der Waals surface area contributed by atoms with Gasteiger partial charge in [0.1, 0.15) is 5.92 Å². The molecule has 1 aromatic heterocycles. The van der Waals surface area contributed by atoms with Gasteiger partial charge < -0.3 is 14.1 Å². The van der Waals surface area contributed by atoms with Crippen LogP contribution in [0.4, 0.5) is 0 Å². The Morgan fingerprint density at radius 1 is 1.23 bits per heavy atom. The first kappa shape index (κ1) is 18.5. The molecule has 0 N–H and O–H groups in total. The third kappa shape index (κ3) is 3.50. The molecule has 0 saturated carbocycles. The van der Waals surface area contributed by atoms with Gasteiger partial charge in [0, 0.05) is 24.7 Å². The third-order valence-electron chi connectivity index (χ3n) is 4.41. The number of amides is 1. The highest BCUT2D eigenvalue weighted by Gasteiger charge is 2.51. The number of carbonyl (C=O) groups is 3. The molecule has 1 saturated heterocycles. The van der Waals surface area contributed by atoms with Crippen LogP contribution >= 0.6 is 15.9 Å². The molecule has 0 spiro atoms. The first-order valence-electron chi connectivity index (χ1n) is 8.21. The van der Waals surface area contributed by atoms with Crippen molar-refractivity contribution in [3.63, 3.8) is 0 Å². The van der Waals surface area contributed by atoms with Crippen molar-refractivity contribution in [1.82, 2.24) is 4.90 Å². The Balaban J connectivity index is 1.99. The van der Waals surface area contributed by atoms with Crippen LogP contribution in [0.1, 0.15) is 28.6 Å². The number of methoxy groups -OCH3 is 1. The number of nitrogens with zero attached hydrogens (tertiary/aromatic N) is 1. The highest BCUT2D eigenvalue weighted by Crippen LogP contribution is 2.38. The van der Waals surface area contributed by atoms with Crippen LogP contribution in [0.3, 0.4) is 0 Å². The van der Waals surface area contributed by atoms with E-state index in [0.717, 1.165) is 10.0 Å². The predicted octanol–water partition coefficient (Wildman–Crippen LogP) is 3.03. The average molecular weight is 420 g/mol. The van der Waals surface area contributed by atoms with Gasteiger partial charge in [0.15, 0.2) is 5.76 Å². The Hall–Kier alpha value is -2.25. The van der Waals surface area contributed by atoms with Crippen molar-refractivity contribution < 1.29 is 23.5 Å². The molecule has 0 bridgehead atoms. The molecule has 6 nitrogen and oxygen atoms in total. The maximum atomic E-state index is 12.9. The van der Waals surface area contributed by atoms with Gasteiger partial charge in [-0.3, -0.25) is 14.4 Å². The highest BCUT2D eigenvalue weighted by molar-refractivity contribution is 9.10. The number of rotatable bonds is 7. The van der Waals surface area contributed by atoms with Crippen LogP contribution in [-0.4, -0.2) is 42.6 Å². The molecule has 3 rings (SSSR count). The summed E-state index contributed by atoms with van der Waals surface area (Å²) in [4.78, 5) is 39.6. The van der Waals surface area contributed by atoms with Crippen molar-refractivity contribution in [3.8, 4) is 0 Å². The fraction of sp³-hybridized carbons (Fsp3) is 0.316. The van der Waals surface area contributed by atoms with Gasteiger partial charge >= 0.3 is 0 Å². The monoisotopic (exact) mass is 419 g/mol. The molecule has 1 aliphatic heterocycles. The molecule has 136 valence electrons. The second-order valence-electron chi connectivity index (χ2n) is 6.02. The van der Waals surface area contributed by atoms with Gasteiger partial charge in [-0.05, 0) is 36.2 Å². The van der Waals surface area contributed by atoms with Gasteiger partial charge in [0.25, 0.3) is 5.91 Å². The molecule has 0 aliphatic carbocycles. The van der Waals surface area contributed by atoms with Gasteiger partial charge in [-0.15, -0.1) is 0 Å². The van der Waals surface area contributed by atoms with Crippen molar-refractivity contribution in [3.05, 3.63) is 58.5 Å². The standard InChI is InChI=1S/C19H18BrNO5/c1-25-10-3-9-21-16(12-5-7-13(20)8-6-12)15(18(23)19(21)24)17(22)14-4-2-11-26-14/h2,4-8,11,15-16H,3,9-10H2,1H3. The van der Waals surface area contributed by atoms with Crippen LogP contribution in [0.5, 0.6) is 0 Å². The maximum Gasteiger partial charge on any atom is 0.291 e. The first-order valence-corrected chi connectivity index (χ1v) is 9.01. The van der Waals surface area contributed by atoms with E-state index in [1.54, 1.807) is 13.2 Å². The molecular formula is C19H18BrNO5. The van der Waals surface area contributed by atoms with Crippen molar-refractivity contribution in [2.45, 2.75) is 12.5 Å². The zero-order chi connectivity index (χ0) is 18.7. The van der Waals surface area contributed by atoms with E-state index >= 15 is 0 Å². The van der Waals surface area contributed by atoms with Crippen molar-refractivity contribution in [2.75, 3.05) is 20.3 Å². The van der Waals surface area contributed by atoms with E-state index in [1.807, 2.05) is 24.3 Å². The van der Waals surface area contributed by atoms with E-state index in [9.17, 15) is 14.4 Å². The molecule has 1 fully saturated rings. The summed E-state index contributed by atoms with van der Waals surface area (Å²) in [6, 6.07) is 9.71. The summed E-state index contributed by atoms with van der Waals surface area (Å²) in [5.74, 6) is -2.85. The van der Waals surface area contributed by atoms with E-state index in [-0.39, 0.29) is 5.76 Å². The summed E-state index contributed by atoms with van der Waals surface area (Å²) in [6.07, 6.45) is 1.95. The molecule has 1 aliphatic rings. The molecular weight excluding hydrogens is 402 g/mol. The van der Waals surface area contributed by atoms with Gasteiger partial charge in [-0.1, -0.05) is 28.1 Å². The number of carbonyl (C=O) groups excluding carboxylic acids is 3. The van der Waals surface area contributed by atoms with Crippen LogP contribution in [-0.2, 0) is 14.3 Å². The largest absolute Gasteiger partial charge is 0.461 e. The summed E-state index contributed by atoms with van der Waals surface area (Å²) in [7, 11) is 1.58. The summed E-state index contributed by atoms with van der Waals surface area (Å²) >= 11 is 3.37. The van der Waals surface area contributed by atoms with Gasteiger partial charge in [-0.2, -0.15) is 0 Å². The quantitative estimate of drug-likeness (QED) is 0.298. The Labute approximate surface area is 159 Å². The lowest BCUT2D eigenvalue weighted by Crippen LogP contribution is -2.32. The zero-order valence-corrected chi connectivity index (χ0v) is 15.8. The summed E-state index contributed by atoms with van der Waals surface area (Å²) < 4.78 is 11.1. The number of hydrogen-bond acceptors (Lipinski definition) is 5. The minimum Gasteiger partial charge on any atom is -0.461 e. The second-order valence-corrected chi connectivity index (χ2v) is 6.94. The zero-order valence-electron chi connectivity index (χ0n) is 14.2. The van der Waals surface area contributed by atoms with Crippen LogP contribution in [0.25, 0.3) is 0 Å². The number of Topliss-reactive ketones (excluding diaryl/α,β-unsaturated/α-hetero) is 2. The molecule has 2 unspecified atom stereocenters. The van der Waals surface area contributed by atoms with Crippen LogP contribution < -0.4 is 0 Å². The number of halogens is 1. The Kier molecular flexibility index (Phi) is 5.68. The number of benzene rings is 1. The average Bonchev–Trinajstić information content (AvgIpc) is 3.25. The van der Waals surface area contributed by atoms with Crippen molar-refractivity contribution in [2.24, 2.45) is 5.92 Å². The molecule has 1 aromatic carbocycles. The number of likely N-dealkylation sites (tertiary alicyclic amines) is 1. The predicted molar refractivity (Wildman–Crippen MR) is 96.6 cm³/mol. The van der Waals surface area contributed by atoms with Gasteiger partial charge in [0.2, 0.25) is 11.6 Å². The van der Waals surface area contributed by atoms with Crippen LogP contribution in [0, 0.1) is 5.92 Å². The summed E-state index contributed by atoms with van der Waals surface area (Å²) in [5.41, 5.74) is 0.731. The van der Waals surface area contributed by atoms with Crippen LogP contribution in [0.15, 0.2) is 51.6 Å². The molecule has 7 heteroatoms. The minimum absolute atomic E-state index is 0.0806. The minimum atomic E-state index is -1.11. The third-order valence-corrected chi connectivity index (χ3v) is 4.94. The lowest BCUT2D eigenvalue weighted by molar-refractivity contribution is -0.140. The van der Waals surface area contributed by atoms with Gasteiger partial charge in [-0.25, -0.2) is 0 Å². The molecule has 26 heavy (non-hydrogen) atoms. The number of hydrogen-bond donors (Lipinski definition) is 0. The fourth-order valence-electron chi connectivity index (χ4n) is 3.21. The Bertz CT molecular complexity index is 800. The summed E-state index contributed by atoms with van der Waals surface area (Å²) in [5, 5.41) is 0. The molecule has 1 amide bonds. The molecule has 2 aromatic rings. The van der Waals surface area contributed by atoms with Gasteiger partial charge in [0.05, 0.1) is 12.3 Å². The molecule has 0 radical (unpaired) electrons. The van der Waals surface area contributed by atoms with Crippen molar-refractivity contribution in [1.29, 1.82) is 0 Å². The number of ether oxygens (including phenoxy) is 1. The lowest BCUT2D eigenvalue weighted by Gasteiger charge is -2.27. The highest BCUT2D eigenvalue weighted by atomic mass is 79.9. The summed E-state index contributed by atoms with van der Waals surface area (Å²) in [6.45, 7) is 0.795. The normalized spacial score (nSPS) is 20.0. The van der Waals surface area contributed by atoms with E-state index in [2.05, 4.69) is 15.9 Å². The molecule has 2 heterocycles. The van der Waals surface area contributed by atoms with E-state index in [0.29, 0.717) is 19.6 Å². The van der Waals surface area contributed by atoms with E-state index in [1.165, 1.54) is 17.2 Å². The molecule has 2 atom stereocenters. The number of ketones is 2. The van der Waals surface area contributed by atoms with E-state index < -0.39 is 29.4 Å². The fourth-order valence-corrected chi connectivity index (χ4v) is 3.48. The lowest BCUT2D eigenvalue weighted by atomic mass is 9.88. The van der Waals surface area contributed by atoms with Crippen LogP contribution in [0.2, 0.25) is 0 Å². The van der Waals surface area contributed by atoms with Crippen molar-refractivity contribution >= 4 is 33.4 Å². The second kappa shape index (κ2) is 7.97. The topological polar surface area (TPSA) is 76.8 Å². The Morgan fingerprint density at radius 2 is 1.96 bits per heavy atom. The SMILES string of the molecule is COCCCN1C(=O)C(=O)C(C(=O)c2ccco2)C1c1ccc(Br)cc1. The Morgan fingerprint density at radius 3 is 2.58 bits per heavy atom. The smallest absolute Gasteiger partial charge is 0.291 e. The maximum absolute atomic E-state index is 12.9. The van der Waals surface area contributed by atoms with E-state index in [4.69, 9.17) is 9.15 Å². The first-order chi connectivity index (χ1) is 12.5.